The van der Waals surface area contributed by atoms with Crippen LogP contribution in [0.3, 0.4) is 0 Å². The van der Waals surface area contributed by atoms with Gasteiger partial charge in [-0.3, -0.25) is 10.2 Å². The van der Waals surface area contributed by atoms with Gasteiger partial charge in [-0.1, -0.05) is 34.8 Å². The van der Waals surface area contributed by atoms with Crippen molar-refractivity contribution < 1.29 is 9.57 Å². The van der Waals surface area contributed by atoms with Gasteiger partial charge in [0, 0.05) is 18.5 Å². The van der Waals surface area contributed by atoms with Gasteiger partial charge in [0.05, 0.1) is 28.3 Å². The van der Waals surface area contributed by atoms with E-state index in [1.54, 1.807) is 6.07 Å². The fraction of sp³-hybridized carbons (Fsp3) is 0.429. The number of ether oxygens (including phenoxy) is 1. The van der Waals surface area contributed by atoms with Gasteiger partial charge < -0.3 is 16.2 Å². The number of aliphatic imine (C=N–C) groups is 1. The molecule has 0 fully saturated rings. The van der Waals surface area contributed by atoms with Crippen LogP contribution < -0.4 is 16.2 Å². The van der Waals surface area contributed by atoms with E-state index in [2.05, 4.69) is 4.99 Å². The molecule has 1 aromatic rings. The molecular weight excluding hydrogens is 412 g/mol. The van der Waals surface area contributed by atoms with Crippen molar-refractivity contribution in [3.05, 3.63) is 27.2 Å². The third-order valence-corrected chi connectivity index (χ3v) is 3.58. The standard InChI is InChI=1S/C14H20Cl3N5O2.ClH/c1-8(2)21-14(20)22(13(18)19)24-5-3-4-23-12-7-10(16)9(15)6-11(12)17;/h6-8H,3-5H2,1-2H3,(H3,18,19)(H2,20,21);1H. The van der Waals surface area contributed by atoms with E-state index in [-0.39, 0.29) is 37.0 Å². The summed E-state index contributed by atoms with van der Waals surface area (Å²) in [5.41, 5.74) is 11.1. The molecule has 1 aromatic carbocycles. The van der Waals surface area contributed by atoms with Crippen LogP contribution in [0.2, 0.25) is 15.1 Å². The summed E-state index contributed by atoms with van der Waals surface area (Å²) >= 11 is 17.8. The second-order valence-corrected chi connectivity index (χ2v) is 6.21. The first-order valence-electron chi connectivity index (χ1n) is 7.10. The van der Waals surface area contributed by atoms with Gasteiger partial charge in [0.15, 0.2) is 0 Å². The number of rotatable bonds is 7. The molecule has 0 heterocycles. The molecule has 142 valence electrons. The minimum absolute atomic E-state index is 0. The Labute approximate surface area is 168 Å². The maximum absolute atomic E-state index is 7.46. The Hall–Kier alpha value is -1.12. The molecule has 0 unspecified atom stereocenters. The highest BCUT2D eigenvalue weighted by Crippen LogP contribution is 2.33. The van der Waals surface area contributed by atoms with Gasteiger partial charge in [0.25, 0.3) is 0 Å². The summed E-state index contributed by atoms with van der Waals surface area (Å²) < 4.78 is 5.52. The van der Waals surface area contributed by atoms with Gasteiger partial charge in [0.1, 0.15) is 5.75 Å². The summed E-state index contributed by atoms with van der Waals surface area (Å²) in [6, 6.07) is 3.01. The minimum atomic E-state index is -0.356. The number of nitrogens with zero attached hydrogens (tertiary/aromatic N) is 2. The van der Waals surface area contributed by atoms with Crippen molar-refractivity contribution in [3.8, 4) is 5.75 Å². The number of nitrogens with two attached hydrogens (primary N) is 2. The molecule has 0 amide bonds. The molecule has 0 atom stereocenters. The Morgan fingerprint density at radius 3 is 2.32 bits per heavy atom. The number of hydrogen-bond acceptors (Lipinski definition) is 4. The molecule has 0 spiro atoms. The Bertz CT molecular complexity index is 613. The van der Waals surface area contributed by atoms with Crippen molar-refractivity contribution in [2.75, 3.05) is 13.2 Å². The Morgan fingerprint density at radius 1 is 1.16 bits per heavy atom. The van der Waals surface area contributed by atoms with Crippen LogP contribution in [0.1, 0.15) is 20.3 Å². The number of hydroxylamine groups is 2. The SMILES string of the molecule is CC(C)N=C(N)N(OCCCOc1cc(Cl)c(Cl)cc1Cl)C(=N)N.Cl. The molecule has 0 aliphatic carbocycles. The summed E-state index contributed by atoms with van der Waals surface area (Å²) in [5.74, 6) is 0.0895. The highest BCUT2D eigenvalue weighted by molar-refractivity contribution is 6.43. The van der Waals surface area contributed by atoms with Crippen molar-refractivity contribution in [2.24, 2.45) is 16.5 Å². The lowest BCUT2D eigenvalue weighted by Crippen LogP contribution is -2.46. The molecule has 0 bridgehead atoms. The van der Waals surface area contributed by atoms with Crippen molar-refractivity contribution in [3.63, 3.8) is 0 Å². The zero-order chi connectivity index (χ0) is 18.3. The maximum Gasteiger partial charge on any atom is 0.223 e. The van der Waals surface area contributed by atoms with Gasteiger partial charge in [-0.05, 0) is 19.9 Å². The van der Waals surface area contributed by atoms with Crippen LogP contribution >= 0.6 is 47.2 Å². The Kier molecular flexibility index (Phi) is 11.0. The number of guanidine groups is 2. The summed E-state index contributed by atoms with van der Waals surface area (Å²) in [7, 11) is 0. The Balaban J connectivity index is 0.00000576. The predicted molar refractivity (Wildman–Crippen MR) is 105 cm³/mol. The van der Waals surface area contributed by atoms with Gasteiger partial charge in [-0.2, -0.15) is 5.06 Å². The van der Waals surface area contributed by atoms with E-state index in [4.69, 9.17) is 61.3 Å². The lowest BCUT2D eigenvalue weighted by Gasteiger charge is -2.21. The summed E-state index contributed by atoms with van der Waals surface area (Å²) in [4.78, 5) is 9.42. The smallest absolute Gasteiger partial charge is 0.223 e. The molecule has 25 heavy (non-hydrogen) atoms. The number of nitrogens with one attached hydrogen (secondary N) is 1. The third-order valence-electron chi connectivity index (χ3n) is 2.56. The first kappa shape index (κ1) is 23.9. The molecule has 0 saturated carbocycles. The van der Waals surface area contributed by atoms with E-state index >= 15 is 0 Å². The first-order valence-corrected chi connectivity index (χ1v) is 8.23. The fourth-order valence-electron chi connectivity index (χ4n) is 1.59. The third kappa shape index (κ3) is 8.20. The van der Waals surface area contributed by atoms with E-state index in [1.165, 1.54) is 6.07 Å². The molecule has 0 radical (unpaired) electrons. The lowest BCUT2D eigenvalue weighted by molar-refractivity contribution is -0.0489. The topological polar surface area (TPSA) is 110 Å². The van der Waals surface area contributed by atoms with Crippen LogP contribution in [0.15, 0.2) is 17.1 Å². The number of halogens is 4. The highest BCUT2D eigenvalue weighted by Gasteiger charge is 2.13. The summed E-state index contributed by atoms with van der Waals surface area (Å²) in [5, 5.41) is 9.49. The lowest BCUT2D eigenvalue weighted by atomic mass is 10.3. The predicted octanol–water partition coefficient (Wildman–Crippen LogP) is 3.69. The molecule has 11 heteroatoms. The first-order chi connectivity index (χ1) is 11.2. The van der Waals surface area contributed by atoms with Gasteiger partial charge in [-0.25, -0.2) is 4.99 Å². The second kappa shape index (κ2) is 11.5. The van der Waals surface area contributed by atoms with E-state index < -0.39 is 0 Å². The van der Waals surface area contributed by atoms with E-state index in [0.717, 1.165) is 5.06 Å². The molecular formula is C14H21Cl4N5O2. The molecule has 1 rings (SSSR count). The highest BCUT2D eigenvalue weighted by atomic mass is 35.5. The molecule has 5 N–H and O–H groups in total. The molecule has 0 aromatic heterocycles. The zero-order valence-electron chi connectivity index (χ0n) is 13.8. The summed E-state index contributed by atoms with van der Waals surface area (Å²) in [6.07, 6.45) is 0.495. The quantitative estimate of drug-likeness (QED) is 0.200. The van der Waals surface area contributed by atoms with E-state index in [1.807, 2.05) is 13.8 Å². The molecule has 0 aliphatic heterocycles. The number of hydrogen-bond donors (Lipinski definition) is 3. The van der Waals surface area contributed by atoms with Crippen molar-refractivity contribution in [1.82, 2.24) is 5.06 Å². The fourth-order valence-corrected chi connectivity index (χ4v) is 2.18. The van der Waals surface area contributed by atoms with Gasteiger partial charge in [0.2, 0.25) is 11.9 Å². The van der Waals surface area contributed by atoms with Crippen LogP contribution in [-0.2, 0) is 4.84 Å². The maximum atomic E-state index is 7.46. The van der Waals surface area contributed by atoms with Crippen molar-refractivity contribution in [2.45, 2.75) is 26.3 Å². The van der Waals surface area contributed by atoms with E-state index in [0.29, 0.717) is 33.8 Å². The molecule has 0 saturated heterocycles. The normalized spacial score (nSPS) is 11.2. The molecule has 0 aliphatic rings. The van der Waals surface area contributed by atoms with Crippen LogP contribution in [0.4, 0.5) is 0 Å². The van der Waals surface area contributed by atoms with Crippen molar-refractivity contribution in [1.29, 1.82) is 5.41 Å². The zero-order valence-corrected chi connectivity index (χ0v) is 16.8. The average molecular weight is 433 g/mol. The van der Waals surface area contributed by atoms with Crippen LogP contribution in [0.25, 0.3) is 0 Å². The van der Waals surface area contributed by atoms with Gasteiger partial charge in [-0.15, -0.1) is 12.4 Å². The minimum Gasteiger partial charge on any atom is -0.492 e. The second-order valence-electron chi connectivity index (χ2n) is 4.99. The van der Waals surface area contributed by atoms with Crippen LogP contribution in [0, 0.1) is 5.41 Å². The van der Waals surface area contributed by atoms with Crippen LogP contribution in [-0.4, -0.2) is 36.2 Å². The monoisotopic (exact) mass is 431 g/mol. The van der Waals surface area contributed by atoms with Gasteiger partial charge >= 0.3 is 0 Å². The largest absolute Gasteiger partial charge is 0.492 e. The average Bonchev–Trinajstić information content (AvgIpc) is 2.46. The number of benzene rings is 1. The van der Waals surface area contributed by atoms with Crippen molar-refractivity contribution >= 4 is 59.1 Å². The van der Waals surface area contributed by atoms with E-state index in [9.17, 15) is 0 Å². The summed E-state index contributed by atoms with van der Waals surface area (Å²) in [6.45, 7) is 4.22. The van der Waals surface area contributed by atoms with Crippen LogP contribution in [0.5, 0.6) is 5.75 Å². The Morgan fingerprint density at radius 2 is 1.76 bits per heavy atom. The molecule has 7 nitrogen and oxygen atoms in total.